The first-order valence-corrected chi connectivity index (χ1v) is 6.38. The molecule has 1 saturated carbocycles. The van der Waals surface area contributed by atoms with Crippen molar-refractivity contribution in [3.8, 4) is 0 Å². The van der Waals surface area contributed by atoms with Crippen LogP contribution in [0.4, 0.5) is 8.78 Å². The fraction of sp³-hybridized carbons (Fsp3) is 1.00. The molecule has 0 aliphatic heterocycles. The van der Waals surface area contributed by atoms with E-state index in [0.29, 0.717) is 12.6 Å². The molecule has 0 aromatic carbocycles. The molecule has 96 valence electrons. The Morgan fingerprint density at radius 1 is 1.19 bits per heavy atom. The Bertz CT molecular complexity index is 168. The smallest absolute Gasteiger partial charge is 0.251 e. The van der Waals surface area contributed by atoms with Gasteiger partial charge in [-0.1, -0.05) is 25.7 Å². The monoisotopic (exact) mass is 234 g/mol. The van der Waals surface area contributed by atoms with Crippen LogP contribution in [0.5, 0.6) is 0 Å². The van der Waals surface area contributed by atoms with Crippen molar-refractivity contribution in [2.24, 2.45) is 0 Å². The van der Waals surface area contributed by atoms with E-state index >= 15 is 0 Å². The zero-order chi connectivity index (χ0) is 11.8. The van der Waals surface area contributed by atoms with Crippen molar-refractivity contribution in [2.45, 2.75) is 51.0 Å². The normalized spacial score (nSPS) is 19.3. The summed E-state index contributed by atoms with van der Waals surface area (Å²) in [5.41, 5.74) is 0. The molecule has 0 aromatic rings. The zero-order valence-corrected chi connectivity index (χ0v) is 10.2. The first kappa shape index (κ1) is 13.8. The van der Waals surface area contributed by atoms with Crippen LogP contribution < -0.4 is 5.32 Å². The average molecular weight is 234 g/mol. The molecule has 0 aromatic heterocycles. The maximum absolute atomic E-state index is 12.1. The number of hydrogen-bond acceptors (Lipinski definition) is 2. The summed E-state index contributed by atoms with van der Waals surface area (Å²) >= 11 is 0. The van der Waals surface area contributed by atoms with Gasteiger partial charge < -0.3 is 5.32 Å². The Morgan fingerprint density at radius 3 is 2.38 bits per heavy atom. The van der Waals surface area contributed by atoms with E-state index in [9.17, 15) is 8.78 Å². The van der Waals surface area contributed by atoms with Crippen molar-refractivity contribution in [3.63, 3.8) is 0 Å². The fourth-order valence-electron chi connectivity index (χ4n) is 2.27. The maximum atomic E-state index is 12.1. The van der Waals surface area contributed by atoms with Gasteiger partial charge in [-0.15, -0.1) is 0 Å². The highest BCUT2D eigenvalue weighted by atomic mass is 19.3. The van der Waals surface area contributed by atoms with Crippen molar-refractivity contribution in [2.75, 3.05) is 26.7 Å². The molecule has 1 rings (SSSR count). The molecule has 0 atom stereocenters. The molecule has 2 nitrogen and oxygen atoms in total. The van der Waals surface area contributed by atoms with Crippen molar-refractivity contribution in [1.29, 1.82) is 0 Å². The molecule has 0 unspecified atom stereocenters. The van der Waals surface area contributed by atoms with Gasteiger partial charge in [0, 0.05) is 19.1 Å². The molecule has 1 N–H and O–H groups in total. The maximum Gasteiger partial charge on any atom is 0.251 e. The molecule has 0 heterocycles. The second-order valence-corrected chi connectivity index (χ2v) is 4.80. The van der Waals surface area contributed by atoms with Gasteiger partial charge in [-0.05, 0) is 19.9 Å². The number of hydrogen-bond donors (Lipinski definition) is 1. The van der Waals surface area contributed by atoms with Gasteiger partial charge in [0.1, 0.15) is 0 Å². The molecule has 0 saturated heterocycles. The predicted molar refractivity (Wildman–Crippen MR) is 63.0 cm³/mol. The van der Waals surface area contributed by atoms with E-state index in [2.05, 4.69) is 5.32 Å². The highest BCUT2D eigenvalue weighted by Crippen LogP contribution is 2.16. The van der Waals surface area contributed by atoms with Crippen LogP contribution in [0.1, 0.15) is 38.5 Å². The molecular weight excluding hydrogens is 210 g/mol. The summed E-state index contributed by atoms with van der Waals surface area (Å²) in [4.78, 5) is 1.69. The molecule has 1 fully saturated rings. The van der Waals surface area contributed by atoms with Crippen molar-refractivity contribution < 1.29 is 8.78 Å². The van der Waals surface area contributed by atoms with E-state index in [1.807, 2.05) is 0 Å². The standard InChI is InChI=1S/C12H24F2N2/c1-16(10-12(13)14)9-8-15-11-6-4-2-3-5-7-11/h11-12,15H,2-10H2,1H3. The Morgan fingerprint density at radius 2 is 1.81 bits per heavy atom. The Labute approximate surface area is 97.4 Å². The van der Waals surface area contributed by atoms with Crippen LogP contribution in [0.25, 0.3) is 0 Å². The number of alkyl halides is 2. The second kappa shape index (κ2) is 7.96. The third kappa shape index (κ3) is 6.38. The lowest BCUT2D eigenvalue weighted by molar-refractivity contribution is 0.100. The van der Waals surface area contributed by atoms with E-state index in [4.69, 9.17) is 0 Å². The van der Waals surface area contributed by atoms with Crippen LogP contribution in [-0.4, -0.2) is 44.0 Å². The van der Waals surface area contributed by atoms with Crippen LogP contribution >= 0.6 is 0 Å². The topological polar surface area (TPSA) is 15.3 Å². The highest BCUT2D eigenvalue weighted by molar-refractivity contribution is 4.71. The SMILES string of the molecule is CN(CCNC1CCCCCC1)CC(F)F. The lowest BCUT2D eigenvalue weighted by atomic mass is 10.1. The molecule has 0 amide bonds. The number of halogens is 2. The van der Waals surface area contributed by atoms with E-state index in [1.165, 1.54) is 38.5 Å². The van der Waals surface area contributed by atoms with Crippen LogP contribution in [0.3, 0.4) is 0 Å². The highest BCUT2D eigenvalue weighted by Gasteiger charge is 2.12. The largest absolute Gasteiger partial charge is 0.313 e. The molecule has 0 bridgehead atoms. The lowest BCUT2D eigenvalue weighted by Crippen LogP contribution is -2.37. The third-order valence-electron chi connectivity index (χ3n) is 3.23. The van der Waals surface area contributed by atoms with Crippen molar-refractivity contribution >= 4 is 0 Å². The fourth-order valence-corrected chi connectivity index (χ4v) is 2.27. The lowest BCUT2D eigenvalue weighted by Gasteiger charge is -2.20. The Balaban J connectivity index is 2.04. The van der Waals surface area contributed by atoms with Gasteiger partial charge in [0.25, 0.3) is 6.43 Å². The van der Waals surface area contributed by atoms with Gasteiger partial charge in [-0.25, -0.2) is 8.78 Å². The minimum atomic E-state index is -2.22. The summed E-state index contributed by atoms with van der Waals surface area (Å²) in [6.07, 6.45) is 5.60. The molecule has 0 radical (unpaired) electrons. The minimum Gasteiger partial charge on any atom is -0.313 e. The van der Waals surface area contributed by atoms with Gasteiger partial charge in [-0.3, -0.25) is 4.90 Å². The van der Waals surface area contributed by atoms with Crippen molar-refractivity contribution in [1.82, 2.24) is 10.2 Å². The molecule has 16 heavy (non-hydrogen) atoms. The zero-order valence-electron chi connectivity index (χ0n) is 10.2. The van der Waals surface area contributed by atoms with Crippen molar-refractivity contribution in [3.05, 3.63) is 0 Å². The van der Waals surface area contributed by atoms with Crippen LogP contribution in [0.15, 0.2) is 0 Å². The van der Waals surface area contributed by atoms with Gasteiger partial charge >= 0.3 is 0 Å². The van der Waals surface area contributed by atoms with Gasteiger partial charge in [0.05, 0.1) is 6.54 Å². The molecule has 1 aliphatic carbocycles. The third-order valence-corrected chi connectivity index (χ3v) is 3.23. The van der Waals surface area contributed by atoms with E-state index < -0.39 is 6.43 Å². The van der Waals surface area contributed by atoms with E-state index in [0.717, 1.165) is 6.54 Å². The number of nitrogens with one attached hydrogen (secondary N) is 1. The van der Waals surface area contributed by atoms with E-state index in [1.54, 1.807) is 11.9 Å². The Kier molecular flexibility index (Phi) is 6.88. The van der Waals surface area contributed by atoms with Gasteiger partial charge in [0.2, 0.25) is 0 Å². The average Bonchev–Trinajstić information content (AvgIpc) is 2.45. The molecular formula is C12H24F2N2. The molecule has 0 spiro atoms. The number of rotatable bonds is 6. The second-order valence-electron chi connectivity index (χ2n) is 4.80. The van der Waals surface area contributed by atoms with Gasteiger partial charge in [0.15, 0.2) is 0 Å². The summed E-state index contributed by atoms with van der Waals surface area (Å²) in [7, 11) is 1.75. The van der Waals surface area contributed by atoms with Crippen LogP contribution in [-0.2, 0) is 0 Å². The molecule has 1 aliphatic rings. The van der Waals surface area contributed by atoms with Crippen LogP contribution in [0, 0.1) is 0 Å². The predicted octanol–water partition coefficient (Wildman–Crippen LogP) is 2.50. The molecule has 4 heteroatoms. The van der Waals surface area contributed by atoms with E-state index in [-0.39, 0.29) is 6.54 Å². The quantitative estimate of drug-likeness (QED) is 0.710. The summed E-state index contributed by atoms with van der Waals surface area (Å²) in [6, 6.07) is 0.613. The minimum absolute atomic E-state index is 0.119. The number of likely N-dealkylation sites (N-methyl/N-ethyl adjacent to an activating group) is 1. The van der Waals surface area contributed by atoms with Gasteiger partial charge in [-0.2, -0.15) is 0 Å². The first-order chi connectivity index (χ1) is 7.68. The number of nitrogens with zero attached hydrogens (tertiary/aromatic N) is 1. The van der Waals surface area contributed by atoms with Crippen LogP contribution in [0.2, 0.25) is 0 Å². The summed E-state index contributed by atoms with van der Waals surface area (Å²) in [5.74, 6) is 0. The first-order valence-electron chi connectivity index (χ1n) is 6.38. The Hall–Kier alpha value is -0.220. The summed E-state index contributed by atoms with van der Waals surface area (Å²) in [6.45, 7) is 1.42. The summed E-state index contributed by atoms with van der Waals surface area (Å²) < 4.78 is 24.1. The summed E-state index contributed by atoms with van der Waals surface area (Å²) in [5, 5.41) is 3.48.